The van der Waals surface area contributed by atoms with Crippen LogP contribution in [-0.4, -0.2) is 37.4 Å². The molecule has 0 heterocycles. The number of benzene rings is 1. The summed E-state index contributed by atoms with van der Waals surface area (Å²) in [7, 11) is 3.17. The molecule has 0 saturated heterocycles. The molecule has 4 nitrogen and oxygen atoms in total. The van der Waals surface area contributed by atoms with Gasteiger partial charge in [0.2, 0.25) is 5.91 Å². The molecule has 0 aliphatic heterocycles. The van der Waals surface area contributed by atoms with Gasteiger partial charge in [-0.25, -0.2) is 4.39 Å². The van der Waals surface area contributed by atoms with E-state index in [9.17, 15) is 14.0 Å². The second kappa shape index (κ2) is 5.43. The molecule has 2 amide bonds. The minimum absolute atomic E-state index is 0.0536. The summed E-state index contributed by atoms with van der Waals surface area (Å²) in [5.41, 5.74) is 0.686. The molecule has 0 saturated carbocycles. The van der Waals surface area contributed by atoms with E-state index in [1.165, 1.54) is 17.0 Å². The highest BCUT2D eigenvalue weighted by molar-refractivity contribution is 5.96. The Morgan fingerprint density at radius 2 is 2.00 bits per heavy atom. The summed E-state index contributed by atoms with van der Waals surface area (Å²) in [4.78, 5) is 24.2. The Balaban J connectivity index is 2.68. The van der Waals surface area contributed by atoms with Crippen molar-refractivity contribution in [3.05, 3.63) is 35.1 Å². The van der Waals surface area contributed by atoms with E-state index >= 15 is 0 Å². The number of hydrogen-bond acceptors (Lipinski definition) is 2. The number of aryl methyl sites for hydroxylation is 1. The van der Waals surface area contributed by atoms with Crippen LogP contribution in [0.2, 0.25) is 0 Å². The lowest BCUT2D eigenvalue weighted by Gasteiger charge is -2.11. The summed E-state index contributed by atoms with van der Waals surface area (Å²) in [5, 5.41) is 2.37. The van der Waals surface area contributed by atoms with Gasteiger partial charge in [0.05, 0.1) is 12.1 Å². The van der Waals surface area contributed by atoms with Crippen molar-refractivity contribution in [3.63, 3.8) is 0 Å². The molecule has 0 unspecified atom stereocenters. The van der Waals surface area contributed by atoms with Gasteiger partial charge in [-0.1, -0.05) is 6.07 Å². The standard InChI is InChI=1S/C12H15FN2O2/c1-8-4-5-9(10(13)6-8)12(17)14-7-11(16)15(2)3/h4-6H,7H2,1-3H3,(H,14,17). The summed E-state index contributed by atoms with van der Waals surface area (Å²) < 4.78 is 13.4. The highest BCUT2D eigenvalue weighted by Crippen LogP contribution is 2.09. The fraction of sp³-hybridized carbons (Fsp3) is 0.333. The topological polar surface area (TPSA) is 49.4 Å². The van der Waals surface area contributed by atoms with Gasteiger partial charge in [-0.2, -0.15) is 0 Å². The van der Waals surface area contributed by atoms with Crippen molar-refractivity contribution < 1.29 is 14.0 Å². The van der Waals surface area contributed by atoms with E-state index in [0.717, 1.165) is 5.56 Å². The van der Waals surface area contributed by atoms with E-state index in [1.54, 1.807) is 27.1 Å². The largest absolute Gasteiger partial charge is 0.347 e. The molecule has 0 aromatic heterocycles. The molecular weight excluding hydrogens is 223 g/mol. The fourth-order valence-corrected chi connectivity index (χ4v) is 1.21. The van der Waals surface area contributed by atoms with Gasteiger partial charge in [-0.3, -0.25) is 9.59 Å². The number of likely N-dealkylation sites (N-methyl/N-ethyl adjacent to an activating group) is 1. The third kappa shape index (κ3) is 3.55. The third-order valence-electron chi connectivity index (χ3n) is 2.27. The van der Waals surface area contributed by atoms with Crippen LogP contribution in [0.4, 0.5) is 4.39 Å². The Hall–Kier alpha value is -1.91. The van der Waals surface area contributed by atoms with Gasteiger partial charge in [0.1, 0.15) is 5.82 Å². The Labute approximate surface area is 99.4 Å². The quantitative estimate of drug-likeness (QED) is 0.852. The van der Waals surface area contributed by atoms with E-state index in [-0.39, 0.29) is 18.0 Å². The molecule has 1 rings (SSSR count). The molecule has 0 spiro atoms. The predicted octanol–water partition coefficient (Wildman–Crippen LogP) is 0.952. The van der Waals surface area contributed by atoms with Crippen LogP contribution in [0.3, 0.4) is 0 Å². The second-order valence-corrected chi connectivity index (χ2v) is 3.95. The maximum Gasteiger partial charge on any atom is 0.254 e. The van der Waals surface area contributed by atoms with E-state index in [1.807, 2.05) is 0 Å². The van der Waals surface area contributed by atoms with Crippen LogP contribution in [-0.2, 0) is 4.79 Å². The summed E-state index contributed by atoms with van der Waals surface area (Å²) in [6.07, 6.45) is 0. The van der Waals surface area contributed by atoms with Crippen LogP contribution in [0.25, 0.3) is 0 Å². The summed E-state index contributed by atoms with van der Waals surface area (Å²) in [6, 6.07) is 4.33. The smallest absolute Gasteiger partial charge is 0.254 e. The first-order chi connectivity index (χ1) is 7.91. The van der Waals surface area contributed by atoms with Gasteiger partial charge in [-0.15, -0.1) is 0 Å². The van der Waals surface area contributed by atoms with E-state index in [2.05, 4.69) is 5.32 Å². The van der Waals surface area contributed by atoms with Crippen LogP contribution < -0.4 is 5.32 Å². The summed E-state index contributed by atoms with van der Waals surface area (Å²) in [5.74, 6) is -1.41. The Bertz CT molecular complexity index is 444. The molecule has 0 aliphatic carbocycles. The van der Waals surface area contributed by atoms with E-state index in [4.69, 9.17) is 0 Å². The maximum atomic E-state index is 13.4. The molecule has 5 heteroatoms. The van der Waals surface area contributed by atoms with Crippen LogP contribution in [0.1, 0.15) is 15.9 Å². The van der Waals surface area contributed by atoms with E-state index < -0.39 is 11.7 Å². The molecular formula is C12H15FN2O2. The molecule has 0 bridgehead atoms. The zero-order valence-electron chi connectivity index (χ0n) is 10.1. The molecule has 1 aromatic carbocycles. The lowest BCUT2D eigenvalue weighted by atomic mass is 10.1. The number of nitrogens with zero attached hydrogens (tertiary/aromatic N) is 1. The molecule has 1 N–H and O–H groups in total. The minimum Gasteiger partial charge on any atom is -0.347 e. The van der Waals surface area contributed by atoms with Crippen molar-refractivity contribution in [3.8, 4) is 0 Å². The minimum atomic E-state index is -0.585. The van der Waals surface area contributed by atoms with Gasteiger partial charge in [0.15, 0.2) is 0 Å². The average molecular weight is 238 g/mol. The van der Waals surface area contributed by atoms with Crippen LogP contribution in [0, 0.1) is 12.7 Å². The van der Waals surface area contributed by atoms with Gasteiger partial charge in [-0.05, 0) is 24.6 Å². The van der Waals surface area contributed by atoms with Gasteiger partial charge >= 0.3 is 0 Å². The highest BCUT2D eigenvalue weighted by atomic mass is 19.1. The Kier molecular flexibility index (Phi) is 4.20. The number of halogens is 1. The zero-order valence-corrected chi connectivity index (χ0v) is 10.1. The third-order valence-corrected chi connectivity index (χ3v) is 2.27. The van der Waals surface area contributed by atoms with Crippen LogP contribution >= 0.6 is 0 Å². The molecule has 1 aromatic rings. The van der Waals surface area contributed by atoms with Crippen molar-refractivity contribution in [2.24, 2.45) is 0 Å². The van der Waals surface area contributed by atoms with Crippen molar-refractivity contribution in [1.29, 1.82) is 0 Å². The van der Waals surface area contributed by atoms with Crippen LogP contribution in [0.5, 0.6) is 0 Å². The summed E-state index contributed by atoms with van der Waals surface area (Å²) >= 11 is 0. The predicted molar refractivity (Wildman–Crippen MR) is 62.2 cm³/mol. The van der Waals surface area contributed by atoms with E-state index in [0.29, 0.717) is 0 Å². The molecule has 0 radical (unpaired) electrons. The second-order valence-electron chi connectivity index (χ2n) is 3.95. The van der Waals surface area contributed by atoms with Gasteiger partial charge < -0.3 is 10.2 Å². The van der Waals surface area contributed by atoms with Crippen molar-refractivity contribution in [1.82, 2.24) is 10.2 Å². The maximum absolute atomic E-state index is 13.4. The average Bonchev–Trinajstić information content (AvgIpc) is 2.25. The van der Waals surface area contributed by atoms with Crippen molar-refractivity contribution in [2.75, 3.05) is 20.6 Å². The number of carbonyl (C=O) groups is 2. The number of carbonyl (C=O) groups excluding carboxylic acids is 2. The van der Waals surface area contributed by atoms with Gasteiger partial charge in [0.25, 0.3) is 5.91 Å². The number of amides is 2. The first-order valence-electron chi connectivity index (χ1n) is 5.16. The summed E-state index contributed by atoms with van der Waals surface area (Å²) in [6.45, 7) is 1.60. The van der Waals surface area contributed by atoms with Gasteiger partial charge in [0, 0.05) is 14.1 Å². The Morgan fingerprint density at radius 3 is 2.53 bits per heavy atom. The molecule has 0 atom stereocenters. The first kappa shape index (κ1) is 13.2. The number of nitrogens with one attached hydrogen (secondary N) is 1. The zero-order chi connectivity index (χ0) is 13.0. The molecule has 0 fully saturated rings. The lowest BCUT2D eigenvalue weighted by molar-refractivity contribution is -0.127. The molecule has 17 heavy (non-hydrogen) atoms. The number of hydrogen-bond donors (Lipinski definition) is 1. The Morgan fingerprint density at radius 1 is 1.35 bits per heavy atom. The SMILES string of the molecule is Cc1ccc(C(=O)NCC(=O)N(C)C)c(F)c1. The molecule has 92 valence electrons. The van der Waals surface area contributed by atoms with Crippen molar-refractivity contribution >= 4 is 11.8 Å². The highest BCUT2D eigenvalue weighted by Gasteiger charge is 2.13. The fourth-order valence-electron chi connectivity index (χ4n) is 1.21. The van der Waals surface area contributed by atoms with Crippen LogP contribution in [0.15, 0.2) is 18.2 Å². The normalized spacial score (nSPS) is 9.88. The molecule has 0 aliphatic rings. The van der Waals surface area contributed by atoms with Crippen molar-refractivity contribution in [2.45, 2.75) is 6.92 Å². The monoisotopic (exact) mass is 238 g/mol. The number of rotatable bonds is 3. The first-order valence-corrected chi connectivity index (χ1v) is 5.16. The lowest BCUT2D eigenvalue weighted by Crippen LogP contribution is -2.36.